The number of benzene rings is 1. The van der Waals surface area contributed by atoms with Crippen LogP contribution in [0.2, 0.25) is 0 Å². The Morgan fingerprint density at radius 3 is 2.92 bits per heavy atom. The Kier molecular flexibility index (Phi) is 1.66. The Labute approximate surface area is 74.4 Å². The number of anilines is 1. The molecule has 0 saturated carbocycles. The second kappa shape index (κ2) is 2.82. The highest BCUT2D eigenvalue weighted by atomic mass is 16.3. The number of fused-ring (bicyclic) bond motifs is 1. The zero-order chi connectivity index (χ0) is 9.26. The first-order valence-electron chi connectivity index (χ1n) is 3.79. The molecular formula is C9H7N3O. The molecule has 2 rings (SSSR count). The van der Waals surface area contributed by atoms with Gasteiger partial charge in [-0.15, -0.1) is 4.91 Å². The van der Waals surface area contributed by atoms with E-state index in [1.165, 1.54) is 0 Å². The molecule has 1 heterocycles. The van der Waals surface area contributed by atoms with E-state index in [9.17, 15) is 4.91 Å². The molecule has 0 atom stereocenters. The third-order valence-electron chi connectivity index (χ3n) is 1.88. The molecule has 0 aliphatic heterocycles. The van der Waals surface area contributed by atoms with Crippen LogP contribution in [-0.4, -0.2) is 4.98 Å². The first-order chi connectivity index (χ1) is 6.33. The summed E-state index contributed by atoms with van der Waals surface area (Å²) < 4.78 is 0. The van der Waals surface area contributed by atoms with Crippen LogP contribution in [0, 0.1) is 4.91 Å². The summed E-state index contributed by atoms with van der Waals surface area (Å²) in [4.78, 5) is 14.6. The average Bonchev–Trinajstić information content (AvgIpc) is 2.18. The van der Waals surface area contributed by atoms with Gasteiger partial charge in [0.15, 0.2) is 0 Å². The molecule has 1 aromatic carbocycles. The van der Waals surface area contributed by atoms with Crippen molar-refractivity contribution in [1.29, 1.82) is 0 Å². The lowest BCUT2D eigenvalue weighted by atomic mass is 10.1. The third kappa shape index (κ3) is 1.12. The first kappa shape index (κ1) is 7.67. The fraction of sp³-hybridized carbons (Fsp3) is 0. The summed E-state index contributed by atoms with van der Waals surface area (Å²) in [5.41, 5.74) is 6.96. The average molecular weight is 173 g/mol. The van der Waals surface area contributed by atoms with E-state index in [0.717, 1.165) is 5.52 Å². The molecule has 4 heteroatoms. The molecule has 0 spiro atoms. The predicted molar refractivity (Wildman–Crippen MR) is 51.6 cm³/mol. The second-order valence-corrected chi connectivity index (χ2v) is 2.66. The SMILES string of the molecule is Nc1ccc2ncccc2c1N=O. The number of pyridine rings is 1. The number of nitrogens with two attached hydrogens (primary N) is 1. The lowest BCUT2D eigenvalue weighted by molar-refractivity contribution is 1.40. The van der Waals surface area contributed by atoms with Crippen molar-refractivity contribution >= 4 is 22.3 Å². The highest BCUT2D eigenvalue weighted by Gasteiger charge is 2.04. The summed E-state index contributed by atoms with van der Waals surface area (Å²) in [5.74, 6) is 0. The molecular weight excluding hydrogens is 166 g/mol. The summed E-state index contributed by atoms with van der Waals surface area (Å²) in [5, 5.41) is 3.58. The van der Waals surface area contributed by atoms with Gasteiger partial charge < -0.3 is 5.73 Å². The summed E-state index contributed by atoms with van der Waals surface area (Å²) >= 11 is 0. The smallest absolute Gasteiger partial charge is 0.140 e. The van der Waals surface area contributed by atoms with Gasteiger partial charge in [0.1, 0.15) is 5.69 Å². The molecule has 2 N–H and O–H groups in total. The number of hydrogen-bond acceptors (Lipinski definition) is 4. The van der Waals surface area contributed by atoms with Gasteiger partial charge in [-0.05, 0) is 29.4 Å². The van der Waals surface area contributed by atoms with Crippen LogP contribution in [0.4, 0.5) is 11.4 Å². The van der Waals surface area contributed by atoms with Crippen molar-refractivity contribution in [2.45, 2.75) is 0 Å². The van der Waals surface area contributed by atoms with Crippen LogP contribution < -0.4 is 5.73 Å². The van der Waals surface area contributed by atoms with Crippen LogP contribution in [0.5, 0.6) is 0 Å². The predicted octanol–water partition coefficient (Wildman–Crippen LogP) is 2.21. The van der Waals surface area contributed by atoms with Crippen LogP contribution in [0.3, 0.4) is 0 Å². The van der Waals surface area contributed by atoms with E-state index in [1.807, 2.05) is 0 Å². The Morgan fingerprint density at radius 1 is 1.31 bits per heavy atom. The van der Waals surface area contributed by atoms with Crippen molar-refractivity contribution < 1.29 is 0 Å². The Balaban J connectivity index is 2.91. The molecule has 13 heavy (non-hydrogen) atoms. The maximum absolute atomic E-state index is 10.5. The van der Waals surface area contributed by atoms with Gasteiger partial charge in [-0.2, -0.15) is 0 Å². The fourth-order valence-corrected chi connectivity index (χ4v) is 1.26. The van der Waals surface area contributed by atoms with Gasteiger partial charge in [-0.25, -0.2) is 0 Å². The van der Waals surface area contributed by atoms with E-state index in [-0.39, 0.29) is 5.69 Å². The minimum absolute atomic E-state index is 0.269. The van der Waals surface area contributed by atoms with E-state index >= 15 is 0 Å². The highest BCUT2D eigenvalue weighted by Crippen LogP contribution is 2.30. The molecule has 0 radical (unpaired) electrons. The number of nitroso groups, excluding NO2 is 1. The molecule has 0 saturated heterocycles. The molecule has 0 fully saturated rings. The van der Waals surface area contributed by atoms with Gasteiger partial charge >= 0.3 is 0 Å². The first-order valence-corrected chi connectivity index (χ1v) is 3.79. The van der Waals surface area contributed by atoms with E-state index in [0.29, 0.717) is 11.1 Å². The van der Waals surface area contributed by atoms with Crippen molar-refractivity contribution in [3.05, 3.63) is 35.4 Å². The van der Waals surface area contributed by atoms with Gasteiger partial charge in [0.25, 0.3) is 0 Å². The minimum Gasteiger partial charge on any atom is -0.397 e. The normalized spacial score (nSPS) is 10.2. The van der Waals surface area contributed by atoms with Crippen LogP contribution in [-0.2, 0) is 0 Å². The molecule has 0 bridgehead atoms. The number of hydrogen-bond donors (Lipinski definition) is 1. The van der Waals surface area contributed by atoms with Crippen molar-refractivity contribution in [3.8, 4) is 0 Å². The van der Waals surface area contributed by atoms with Gasteiger partial charge in [0.05, 0.1) is 11.2 Å². The molecule has 0 aliphatic carbocycles. The fourth-order valence-electron chi connectivity index (χ4n) is 1.26. The van der Waals surface area contributed by atoms with Crippen molar-refractivity contribution in [1.82, 2.24) is 4.98 Å². The molecule has 0 amide bonds. The van der Waals surface area contributed by atoms with E-state index < -0.39 is 0 Å². The molecule has 64 valence electrons. The molecule has 1 aromatic heterocycles. The zero-order valence-electron chi connectivity index (χ0n) is 6.77. The summed E-state index contributed by atoms with van der Waals surface area (Å²) in [6, 6.07) is 6.91. The Morgan fingerprint density at radius 2 is 2.15 bits per heavy atom. The summed E-state index contributed by atoms with van der Waals surface area (Å²) in [7, 11) is 0. The van der Waals surface area contributed by atoms with Gasteiger partial charge in [-0.1, -0.05) is 0 Å². The van der Waals surface area contributed by atoms with E-state index in [1.54, 1.807) is 30.5 Å². The van der Waals surface area contributed by atoms with Crippen LogP contribution >= 0.6 is 0 Å². The monoisotopic (exact) mass is 173 g/mol. The van der Waals surface area contributed by atoms with Crippen molar-refractivity contribution in [3.63, 3.8) is 0 Å². The number of nitrogen functional groups attached to an aromatic ring is 1. The standard InChI is InChI=1S/C9H7N3O/c10-7-3-4-8-6(9(7)12-13)2-1-5-11-8/h1-5H,10H2. The van der Waals surface area contributed by atoms with Crippen LogP contribution in [0.1, 0.15) is 0 Å². The third-order valence-corrected chi connectivity index (χ3v) is 1.88. The van der Waals surface area contributed by atoms with Gasteiger partial charge in [0, 0.05) is 11.6 Å². The molecule has 4 nitrogen and oxygen atoms in total. The maximum atomic E-state index is 10.5. The minimum atomic E-state index is 0.269. The van der Waals surface area contributed by atoms with Crippen molar-refractivity contribution in [2.75, 3.05) is 5.73 Å². The number of nitrogens with zero attached hydrogens (tertiary/aromatic N) is 2. The summed E-state index contributed by atoms with van der Waals surface area (Å²) in [6.45, 7) is 0. The van der Waals surface area contributed by atoms with E-state index in [4.69, 9.17) is 5.73 Å². The van der Waals surface area contributed by atoms with Crippen LogP contribution in [0.15, 0.2) is 35.6 Å². The van der Waals surface area contributed by atoms with Crippen molar-refractivity contribution in [2.24, 2.45) is 5.18 Å². The lowest BCUT2D eigenvalue weighted by Crippen LogP contribution is -1.86. The zero-order valence-corrected chi connectivity index (χ0v) is 6.77. The lowest BCUT2D eigenvalue weighted by Gasteiger charge is -2.00. The molecule has 2 aromatic rings. The topological polar surface area (TPSA) is 68.3 Å². The quantitative estimate of drug-likeness (QED) is 0.531. The highest BCUT2D eigenvalue weighted by molar-refractivity contribution is 5.95. The van der Waals surface area contributed by atoms with Gasteiger partial charge in [0.2, 0.25) is 0 Å². The Bertz CT molecular complexity index is 467. The van der Waals surface area contributed by atoms with E-state index in [2.05, 4.69) is 10.2 Å². The molecule has 0 aliphatic rings. The number of aromatic nitrogens is 1. The van der Waals surface area contributed by atoms with Crippen LogP contribution in [0.25, 0.3) is 10.9 Å². The largest absolute Gasteiger partial charge is 0.397 e. The summed E-state index contributed by atoms with van der Waals surface area (Å²) in [6.07, 6.45) is 1.66. The second-order valence-electron chi connectivity index (χ2n) is 2.66. The number of rotatable bonds is 1. The maximum Gasteiger partial charge on any atom is 0.140 e. The van der Waals surface area contributed by atoms with Gasteiger partial charge in [-0.3, -0.25) is 4.98 Å². The molecule has 0 unspecified atom stereocenters. The Hall–Kier alpha value is -1.97.